The highest BCUT2D eigenvalue weighted by Gasteiger charge is 2.23. The number of benzene rings is 2. The van der Waals surface area contributed by atoms with Crippen molar-refractivity contribution in [1.82, 2.24) is 4.72 Å². The Hall–Kier alpha value is -2.98. The van der Waals surface area contributed by atoms with E-state index < -0.39 is 34.2 Å². The van der Waals surface area contributed by atoms with Gasteiger partial charge < -0.3 is 14.2 Å². The van der Waals surface area contributed by atoms with Gasteiger partial charge in [-0.2, -0.15) is 0 Å². The molecule has 0 aliphatic heterocycles. The van der Waals surface area contributed by atoms with E-state index in [1.807, 2.05) is 0 Å². The van der Waals surface area contributed by atoms with Crippen molar-refractivity contribution in [1.29, 1.82) is 0 Å². The third-order valence-electron chi connectivity index (χ3n) is 3.89. The van der Waals surface area contributed by atoms with E-state index >= 15 is 0 Å². The van der Waals surface area contributed by atoms with Crippen molar-refractivity contribution in [3.63, 3.8) is 0 Å². The van der Waals surface area contributed by atoms with Crippen LogP contribution < -0.4 is 14.2 Å². The lowest BCUT2D eigenvalue weighted by Crippen LogP contribution is -2.30. The smallest absolute Gasteiger partial charge is 0.338 e. The first kappa shape index (κ1) is 23.3. The summed E-state index contributed by atoms with van der Waals surface area (Å²) in [6.07, 6.45) is 0. The van der Waals surface area contributed by atoms with Crippen LogP contribution in [-0.4, -0.2) is 47.0 Å². The molecule has 162 valence electrons. The maximum atomic E-state index is 13.7. The summed E-state index contributed by atoms with van der Waals surface area (Å²) < 4.78 is 55.9. The topological polar surface area (TPSA) is 108 Å². The second-order valence-corrected chi connectivity index (χ2v) is 8.17. The van der Waals surface area contributed by atoms with E-state index in [2.05, 4.69) is 4.72 Å². The Balaban J connectivity index is 2.18. The summed E-state index contributed by atoms with van der Waals surface area (Å²) in [5.74, 6) is -2.25. The van der Waals surface area contributed by atoms with Crippen molar-refractivity contribution in [2.45, 2.75) is 24.8 Å². The van der Waals surface area contributed by atoms with Crippen LogP contribution in [0.5, 0.6) is 11.5 Å². The number of Topliss-reactive ketones (excluding diaryl/α,β-unsaturated/α-hetero) is 1. The number of sulfonamides is 1. The number of hydrogen-bond donors (Lipinski definition) is 1. The number of carbonyl (C=O) groups excluding carboxylic acids is 2. The molecule has 0 aromatic heterocycles. The van der Waals surface area contributed by atoms with Crippen LogP contribution in [0.1, 0.15) is 34.6 Å². The number of ketones is 1. The number of hydrogen-bond acceptors (Lipinski definition) is 7. The molecule has 0 atom stereocenters. The fourth-order valence-corrected chi connectivity index (χ4v) is 3.97. The van der Waals surface area contributed by atoms with E-state index in [0.29, 0.717) is 0 Å². The fourth-order valence-electron chi connectivity index (χ4n) is 2.53. The lowest BCUT2D eigenvalue weighted by atomic mass is 10.1. The molecule has 0 spiro atoms. The zero-order valence-electron chi connectivity index (χ0n) is 16.9. The van der Waals surface area contributed by atoms with Crippen molar-refractivity contribution in [2.75, 3.05) is 20.8 Å². The Labute approximate surface area is 174 Å². The van der Waals surface area contributed by atoms with Gasteiger partial charge in [0.25, 0.3) is 0 Å². The summed E-state index contributed by atoms with van der Waals surface area (Å²) in [4.78, 5) is 24.3. The van der Waals surface area contributed by atoms with Crippen LogP contribution in [0.15, 0.2) is 41.3 Å². The standard InChI is InChI=1S/C20H22FNO7S/c1-12(2)22-30(25,26)19-10-14(6-8-18(19)28-4)20(24)29-11-16(23)13-5-7-17(27-3)15(21)9-13/h5-10,12,22H,11H2,1-4H3. The largest absolute Gasteiger partial charge is 0.495 e. The van der Waals surface area contributed by atoms with E-state index in [9.17, 15) is 22.4 Å². The van der Waals surface area contributed by atoms with E-state index in [4.69, 9.17) is 14.2 Å². The zero-order valence-corrected chi connectivity index (χ0v) is 17.7. The minimum atomic E-state index is -3.95. The van der Waals surface area contributed by atoms with Gasteiger partial charge in [0, 0.05) is 11.6 Å². The summed E-state index contributed by atoms with van der Waals surface area (Å²) >= 11 is 0. The molecule has 0 radical (unpaired) electrons. The first-order valence-electron chi connectivity index (χ1n) is 8.83. The molecule has 0 saturated carbocycles. The quantitative estimate of drug-likeness (QED) is 0.473. The normalized spacial score (nSPS) is 11.3. The average molecular weight is 439 g/mol. The summed E-state index contributed by atoms with van der Waals surface area (Å²) in [5, 5.41) is 0. The summed E-state index contributed by atoms with van der Waals surface area (Å²) in [6, 6.07) is 6.95. The number of ether oxygens (including phenoxy) is 3. The van der Waals surface area contributed by atoms with Crippen LogP contribution in [0.25, 0.3) is 0 Å². The Morgan fingerprint density at radius 2 is 1.60 bits per heavy atom. The SMILES string of the molecule is COc1ccc(C(=O)COC(=O)c2ccc(OC)c(S(=O)(=O)NC(C)C)c2)cc1F. The molecule has 0 bridgehead atoms. The minimum absolute atomic E-state index is 0.000214. The Kier molecular flexibility index (Phi) is 7.52. The number of methoxy groups -OCH3 is 2. The second kappa shape index (κ2) is 9.68. The van der Waals surface area contributed by atoms with Crippen LogP contribution in [0.2, 0.25) is 0 Å². The number of rotatable bonds is 9. The molecule has 0 aliphatic carbocycles. The van der Waals surface area contributed by atoms with Gasteiger partial charge in [-0.3, -0.25) is 4.79 Å². The molecule has 2 aromatic carbocycles. The maximum Gasteiger partial charge on any atom is 0.338 e. The third-order valence-corrected chi connectivity index (χ3v) is 5.57. The van der Waals surface area contributed by atoms with Crippen molar-refractivity contribution < 1.29 is 36.6 Å². The van der Waals surface area contributed by atoms with E-state index in [-0.39, 0.29) is 33.6 Å². The molecule has 0 unspecified atom stereocenters. The Bertz CT molecular complexity index is 1050. The number of esters is 1. The zero-order chi connectivity index (χ0) is 22.5. The molecule has 2 rings (SSSR count). The molecule has 8 nitrogen and oxygen atoms in total. The number of halogens is 1. The second-order valence-electron chi connectivity index (χ2n) is 6.49. The Morgan fingerprint density at radius 1 is 1.00 bits per heavy atom. The predicted molar refractivity (Wildman–Crippen MR) is 106 cm³/mol. The van der Waals surface area contributed by atoms with Crippen LogP contribution in [0, 0.1) is 5.82 Å². The van der Waals surface area contributed by atoms with E-state index in [1.54, 1.807) is 13.8 Å². The minimum Gasteiger partial charge on any atom is -0.495 e. The predicted octanol–water partition coefficient (Wildman–Crippen LogP) is 2.57. The summed E-state index contributed by atoms with van der Waals surface area (Å²) in [5.41, 5.74) is -0.0890. The first-order chi connectivity index (χ1) is 14.1. The third kappa shape index (κ3) is 5.55. The van der Waals surface area contributed by atoms with Gasteiger partial charge in [0.05, 0.1) is 19.8 Å². The van der Waals surface area contributed by atoms with Crippen LogP contribution in [0.4, 0.5) is 4.39 Å². The molecule has 0 saturated heterocycles. The average Bonchev–Trinajstić information content (AvgIpc) is 2.70. The molecule has 1 N–H and O–H groups in total. The van der Waals surface area contributed by atoms with E-state index in [1.165, 1.54) is 38.5 Å². The molecule has 2 aromatic rings. The van der Waals surface area contributed by atoms with Crippen molar-refractivity contribution in [2.24, 2.45) is 0 Å². The Morgan fingerprint density at radius 3 is 2.17 bits per heavy atom. The highest BCUT2D eigenvalue weighted by molar-refractivity contribution is 7.89. The molecule has 0 amide bonds. The molecular formula is C20H22FNO7S. The van der Waals surface area contributed by atoms with Crippen molar-refractivity contribution in [3.05, 3.63) is 53.3 Å². The lowest BCUT2D eigenvalue weighted by Gasteiger charge is -2.14. The van der Waals surface area contributed by atoms with Gasteiger partial charge in [-0.05, 0) is 50.2 Å². The van der Waals surface area contributed by atoms with Gasteiger partial charge in [-0.1, -0.05) is 0 Å². The van der Waals surface area contributed by atoms with Crippen molar-refractivity contribution >= 4 is 21.8 Å². The van der Waals surface area contributed by atoms with Crippen LogP contribution in [0.3, 0.4) is 0 Å². The first-order valence-corrected chi connectivity index (χ1v) is 10.3. The molecule has 30 heavy (non-hydrogen) atoms. The van der Waals surface area contributed by atoms with Gasteiger partial charge in [-0.15, -0.1) is 0 Å². The van der Waals surface area contributed by atoms with Gasteiger partial charge in [-0.25, -0.2) is 22.3 Å². The number of nitrogens with one attached hydrogen (secondary N) is 1. The van der Waals surface area contributed by atoms with Crippen LogP contribution in [-0.2, 0) is 14.8 Å². The molecule has 0 aliphatic rings. The highest BCUT2D eigenvalue weighted by atomic mass is 32.2. The van der Waals surface area contributed by atoms with Crippen molar-refractivity contribution in [3.8, 4) is 11.5 Å². The number of carbonyl (C=O) groups is 2. The molecular weight excluding hydrogens is 417 g/mol. The van der Waals surface area contributed by atoms with Gasteiger partial charge in [0.1, 0.15) is 10.6 Å². The molecule has 0 heterocycles. The highest BCUT2D eigenvalue weighted by Crippen LogP contribution is 2.25. The summed E-state index contributed by atoms with van der Waals surface area (Å²) in [6.45, 7) is 2.65. The van der Waals surface area contributed by atoms with Crippen LogP contribution >= 0.6 is 0 Å². The molecule has 0 fully saturated rings. The summed E-state index contributed by atoms with van der Waals surface area (Å²) in [7, 11) is -1.35. The monoisotopic (exact) mass is 439 g/mol. The fraction of sp³-hybridized carbons (Fsp3) is 0.300. The molecule has 10 heteroatoms. The lowest BCUT2D eigenvalue weighted by molar-refractivity contribution is 0.0474. The van der Waals surface area contributed by atoms with Gasteiger partial charge in [0.15, 0.2) is 24.0 Å². The van der Waals surface area contributed by atoms with E-state index in [0.717, 1.165) is 12.1 Å². The van der Waals surface area contributed by atoms with Gasteiger partial charge in [0.2, 0.25) is 10.0 Å². The van der Waals surface area contributed by atoms with Gasteiger partial charge >= 0.3 is 5.97 Å². The maximum absolute atomic E-state index is 13.7.